The number of fused-ring (bicyclic) bond motifs is 3. The van der Waals surface area contributed by atoms with Crippen LogP contribution in [0.3, 0.4) is 0 Å². The molecular weight excluding hydrogens is 634 g/mol. The summed E-state index contributed by atoms with van der Waals surface area (Å²) in [6.07, 6.45) is 3.65. The van der Waals surface area contributed by atoms with Crippen molar-refractivity contribution in [3.05, 3.63) is 121 Å². The van der Waals surface area contributed by atoms with Crippen LogP contribution in [-0.2, 0) is 30.3 Å². The van der Waals surface area contributed by atoms with Crippen molar-refractivity contribution in [2.24, 2.45) is 5.92 Å². The second-order valence-corrected chi connectivity index (χ2v) is 12.5. The van der Waals surface area contributed by atoms with Gasteiger partial charge >= 0.3 is 12.1 Å². The standard InChI is InChI=1S/C40H47N3O7/c1-4-6-21-36(43-40(48)50-26-35-33-19-12-10-17-31(33)32-18-11-13-20-34(32)35)39(47)49-25-30(22-28-15-8-7-9-16-28)42-38(46)29(14-5-2)23-37(45)41-27(3)24-44/h4-5,7-13,15-20,27,29-30,35-36,44H,1-2,6,14,21-26H2,3H3,(H,41,45)(H,42,46)(H,43,48). The van der Waals surface area contributed by atoms with Crippen molar-refractivity contribution >= 4 is 23.9 Å². The summed E-state index contributed by atoms with van der Waals surface area (Å²) >= 11 is 0. The minimum atomic E-state index is -1.01. The van der Waals surface area contributed by atoms with Crippen LogP contribution in [0.4, 0.5) is 4.79 Å². The van der Waals surface area contributed by atoms with Gasteiger partial charge in [-0.1, -0.05) is 91.0 Å². The number of carbonyl (C=O) groups is 4. The zero-order valence-electron chi connectivity index (χ0n) is 28.5. The Hall–Kier alpha value is -5.22. The summed E-state index contributed by atoms with van der Waals surface area (Å²) in [4.78, 5) is 52.4. The van der Waals surface area contributed by atoms with Crippen LogP contribution in [0.15, 0.2) is 104 Å². The molecule has 10 heteroatoms. The lowest BCUT2D eigenvalue weighted by Crippen LogP contribution is -2.47. The van der Waals surface area contributed by atoms with Gasteiger partial charge in [0.1, 0.15) is 19.3 Å². The van der Waals surface area contributed by atoms with E-state index >= 15 is 0 Å². The van der Waals surface area contributed by atoms with Crippen LogP contribution < -0.4 is 16.0 Å². The molecule has 3 amide bonds. The number of allylic oxidation sites excluding steroid dienone is 2. The van der Waals surface area contributed by atoms with Gasteiger partial charge in [-0.2, -0.15) is 0 Å². The van der Waals surface area contributed by atoms with Crippen LogP contribution in [-0.4, -0.2) is 66.9 Å². The second kappa shape index (κ2) is 19.1. The molecule has 0 radical (unpaired) electrons. The number of hydrogen-bond donors (Lipinski definition) is 4. The number of alkyl carbamates (subject to hydrolysis) is 1. The fraction of sp³-hybridized carbons (Fsp3) is 0.350. The molecule has 4 rings (SSSR count). The molecule has 0 heterocycles. The number of rotatable bonds is 19. The minimum Gasteiger partial charge on any atom is -0.462 e. The molecule has 264 valence electrons. The van der Waals surface area contributed by atoms with E-state index in [2.05, 4.69) is 41.2 Å². The lowest BCUT2D eigenvalue weighted by molar-refractivity contribution is -0.147. The zero-order valence-corrected chi connectivity index (χ0v) is 28.5. The molecule has 0 aromatic heterocycles. The van der Waals surface area contributed by atoms with Gasteiger partial charge in [0.15, 0.2) is 0 Å². The number of esters is 1. The molecule has 1 aliphatic rings. The smallest absolute Gasteiger partial charge is 0.407 e. The topological polar surface area (TPSA) is 143 Å². The summed E-state index contributed by atoms with van der Waals surface area (Å²) in [7, 11) is 0. The first-order chi connectivity index (χ1) is 24.2. The quantitative estimate of drug-likeness (QED) is 0.101. The number of aliphatic hydroxyl groups is 1. The molecule has 4 N–H and O–H groups in total. The molecule has 50 heavy (non-hydrogen) atoms. The summed E-state index contributed by atoms with van der Waals surface area (Å²) in [5.41, 5.74) is 5.27. The molecule has 0 bridgehead atoms. The van der Waals surface area contributed by atoms with Crippen molar-refractivity contribution in [3.8, 4) is 11.1 Å². The lowest BCUT2D eigenvalue weighted by atomic mass is 9.98. The highest BCUT2D eigenvalue weighted by Gasteiger charge is 2.31. The normalized spacial score (nSPS) is 14.1. The molecular formula is C40H47N3O7. The van der Waals surface area contributed by atoms with E-state index in [4.69, 9.17) is 9.47 Å². The summed E-state index contributed by atoms with van der Waals surface area (Å²) in [6.45, 7) is 8.82. The van der Waals surface area contributed by atoms with Gasteiger partial charge in [0.05, 0.1) is 18.6 Å². The van der Waals surface area contributed by atoms with Crippen molar-refractivity contribution in [1.82, 2.24) is 16.0 Å². The number of nitrogens with one attached hydrogen (secondary N) is 3. The Morgan fingerprint density at radius 2 is 1.48 bits per heavy atom. The Morgan fingerprint density at radius 3 is 2.10 bits per heavy atom. The van der Waals surface area contributed by atoms with Crippen molar-refractivity contribution in [3.63, 3.8) is 0 Å². The van der Waals surface area contributed by atoms with Crippen LogP contribution in [0.1, 0.15) is 55.2 Å². The molecule has 1 aliphatic carbocycles. The monoisotopic (exact) mass is 681 g/mol. The largest absolute Gasteiger partial charge is 0.462 e. The summed E-state index contributed by atoms with van der Waals surface area (Å²) in [5.74, 6) is -2.30. The van der Waals surface area contributed by atoms with Crippen LogP contribution in [0.25, 0.3) is 11.1 Å². The Morgan fingerprint density at radius 1 is 0.840 bits per heavy atom. The van der Waals surface area contributed by atoms with Crippen LogP contribution in [0, 0.1) is 5.92 Å². The average molecular weight is 682 g/mol. The van der Waals surface area contributed by atoms with Crippen LogP contribution in [0.5, 0.6) is 0 Å². The van der Waals surface area contributed by atoms with E-state index < -0.39 is 42.0 Å². The van der Waals surface area contributed by atoms with E-state index in [1.54, 1.807) is 19.1 Å². The van der Waals surface area contributed by atoms with E-state index in [9.17, 15) is 24.3 Å². The lowest BCUT2D eigenvalue weighted by Gasteiger charge is -2.24. The van der Waals surface area contributed by atoms with Gasteiger partial charge in [-0.3, -0.25) is 9.59 Å². The molecule has 10 nitrogen and oxygen atoms in total. The Labute approximate surface area is 294 Å². The molecule has 0 aliphatic heterocycles. The fourth-order valence-corrected chi connectivity index (χ4v) is 6.06. The van der Waals surface area contributed by atoms with E-state index in [-0.39, 0.29) is 50.9 Å². The molecule has 4 atom stereocenters. The predicted octanol–water partition coefficient (Wildman–Crippen LogP) is 5.21. The Kier molecular flexibility index (Phi) is 14.4. The van der Waals surface area contributed by atoms with Gasteiger partial charge in [-0.15, -0.1) is 13.2 Å². The summed E-state index contributed by atoms with van der Waals surface area (Å²) in [5, 5.41) is 17.6. The number of aliphatic hydroxyl groups excluding tert-OH is 1. The number of carbonyl (C=O) groups excluding carboxylic acids is 4. The highest BCUT2D eigenvalue weighted by molar-refractivity contribution is 5.86. The van der Waals surface area contributed by atoms with E-state index in [1.807, 2.05) is 66.7 Å². The maximum atomic E-state index is 13.4. The summed E-state index contributed by atoms with van der Waals surface area (Å²) in [6, 6.07) is 23.4. The molecule has 0 saturated carbocycles. The van der Waals surface area contributed by atoms with Gasteiger partial charge in [-0.25, -0.2) is 9.59 Å². The summed E-state index contributed by atoms with van der Waals surface area (Å²) < 4.78 is 11.4. The Bertz CT molecular complexity index is 1580. The molecule has 0 saturated heterocycles. The van der Waals surface area contributed by atoms with Crippen molar-refractivity contribution < 1.29 is 33.8 Å². The molecule has 4 unspecified atom stereocenters. The number of benzene rings is 3. The highest BCUT2D eigenvalue weighted by Crippen LogP contribution is 2.44. The first-order valence-corrected chi connectivity index (χ1v) is 17.0. The Balaban J connectivity index is 1.39. The van der Waals surface area contributed by atoms with Crippen LogP contribution in [0.2, 0.25) is 0 Å². The van der Waals surface area contributed by atoms with Crippen molar-refractivity contribution in [2.45, 2.75) is 63.1 Å². The van der Waals surface area contributed by atoms with Gasteiger partial charge in [0.2, 0.25) is 11.8 Å². The third kappa shape index (κ3) is 10.6. The van der Waals surface area contributed by atoms with Gasteiger partial charge in [0.25, 0.3) is 0 Å². The molecule has 0 spiro atoms. The number of ether oxygens (including phenoxy) is 2. The van der Waals surface area contributed by atoms with Crippen molar-refractivity contribution in [1.29, 1.82) is 0 Å². The van der Waals surface area contributed by atoms with Crippen molar-refractivity contribution in [2.75, 3.05) is 19.8 Å². The average Bonchev–Trinajstić information content (AvgIpc) is 3.44. The van der Waals surface area contributed by atoms with E-state index in [0.29, 0.717) is 12.8 Å². The first-order valence-electron chi connectivity index (χ1n) is 17.0. The first kappa shape index (κ1) is 37.6. The zero-order chi connectivity index (χ0) is 35.9. The predicted molar refractivity (Wildman–Crippen MR) is 192 cm³/mol. The maximum Gasteiger partial charge on any atom is 0.407 e. The SMILES string of the molecule is C=CCCC(NC(=O)OCC1c2ccccc2-c2ccccc21)C(=O)OCC(Cc1ccccc1)NC(=O)C(CC=C)CC(=O)NC(C)CO. The third-order valence-corrected chi connectivity index (χ3v) is 8.61. The van der Waals surface area contributed by atoms with Crippen LogP contribution >= 0.6 is 0 Å². The number of amides is 3. The van der Waals surface area contributed by atoms with Gasteiger partial charge in [0, 0.05) is 18.4 Å². The molecule has 0 fully saturated rings. The third-order valence-electron chi connectivity index (χ3n) is 8.61. The second-order valence-electron chi connectivity index (χ2n) is 12.5. The fourth-order valence-electron chi connectivity index (χ4n) is 6.06. The highest BCUT2D eigenvalue weighted by atomic mass is 16.6. The number of hydrogen-bond acceptors (Lipinski definition) is 7. The minimum absolute atomic E-state index is 0.0943. The van der Waals surface area contributed by atoms with E-state index in [0.717, 1.165) is 27.8 Å². The molecule has 3 aromatic rings. The maximum absolute atomic E-state index is 13.4. The molecule has 3 aromatic carbocycles. The van der Waals surface area contributed by atoms with E-state index in [1.165, 1.54) is 0 Å². The van der Waals surface area contributed by atoms with Gasteiger partial charge < -0.3 is 30.5 Å². The van der Waals surface area contributed by atoms with Gasteiger partial charge in [-0.05, 0) is 60.4 Å².